The maximum absolute atomic E-state index is 12.4. The molecule has 6 nitrogen and oxygen atoms in total. The number of halogens is 1. The standard InChI is InChI=1S/C19H21ClN2O4/c1-25-11-3-10-21-18(23)13-4-6-14(7-5-13)19(24)22-16-12-15(20)8-9-17(16)26-2/h4-9,12H,3,10-11H2,1-2H3,(H,21,23)(H,22,24). The number of amides is 2. The lowest BCUT2D eigenvalue weighted by atomic mass is 10.1. The van der Waals surface area contributed by atoms with Crippen LogP contribution in [0.15, 0.2) is 42.5 Å². The maximum Gasteiger partial charge on any atom is 0.255 e. The number of carbonyl (C=O) groups is 2. The molecule has 0 aromatic heterocycles. The van der Waals surface area contributed by atoms with E-state index in [2.05, 4.69) is 10.6 Å². The first kappa shape index (κ1) is 19.8. The molecule has 138 valence electrons. The van der Waals surface area contributed by atoms with Crippen molar-refractivity contribution in [1.82, 2.24) is 5.32 Å². The Kier molecular flexibility index (Phi) is 7.44. The van der Waals surface area contributed by atoms with Gasteiger partial charge < -0.3 is 20.1 Å². The largest absolute Gasteiger partial charge is 0.495 e. The zero-order chi connectivity index (χ0) is 18.9. The average molecular weight is 377 g/mol. The minimum absolute atomic E-state index is 0.190. The van der Waals surface area contributed by atoms with Crippen LogP contribution >= 0.6 is 11.6 Å². The molecule has 0 saturated heterocycles. The number of hydrogen-bond donors (Lipinski definition) is 2. The molecule has 0 fully saturated rings. The molecule has 2 rings (SSSR count). The second kappa shape index (κ2) is 9.79. The van der Waals surface area contributed by atoms with Gasteiger partial charge in [-0.15, -0.1) is 0 Å². The first-order valence-corrected chi connectivity index (χ1v) is 8.45. The highest BCUT2D eigenvalue weighted by Gasteiger charge is 2.12. The molecule has 7 heteroatoms. The third kappa shape index (κ3) is 5.47. The van der Waals surface area contributed by atoms with Gasteiger partial charge in [0, 0.05) is 36.4 Å². The van der Waals surface area contributed by atoms with Gasteiger partial charge in [-0.2, -0.15) is 0 Å². The van der Waals surface area contributed by atoms with Crippen LogP contribution in [0.4, 0.5) is 5.69 Å². The summed E-state index contributed by atoms with van der Waals surface area (Å²) in [5.41, 5.74) is 1.38. The first-order chi connectivity index (χ1) is 12.5. The van der Waals surface area contributed by atoms with Crippen molar-refractivity contribution in [3.05, 3.63) is 58.6 Å². The Bertz CT molecular complexity index is 763. The second-order valence-electron chi connectivity index (χ2n) is 5.48. The Morgan fingerprint density at radius 1 is 1.00 bits per heavy atom. The highest BCUT2D eigenvalue weighted by molar-refractivity contribution is 6.31. The smallest absolute Gasteiger partial charge is 0.255 e. The highest BCUT2D eigenvalue weighted by Crippen LogP contribution is 2.28. The molecule has 0 saturated carbocycles. The van der Waals surface area contributed by atoms with Crippen LogP contribution in [-0.4, -0.2) is 39.2 Å². The molecule has 0 aliphatic heterocycles. The van der Waals surface area contributed by atoms with E-state index >= 15 is 0 Å². The monoisotopic (exact) mass is 376 g/mol. The van der Waals surface area contributed by atoms with E-state index in [9.17, 15) is 9.59 Å². The van der Waals surface area contributed by atoms with E-state index in [1.807, 2.05) is 0 Å². The van der Waals surface area contributed by atoms with Crippen molar-refractivity contribution in [3.63, 3.8) is 0 Å². The number of rotatable bonds is 8. The normalized spacial score (nSPS) is 10.3. The molecular weight excluding hydrogens is 356 g/mol. The van der Waals surface area contributed by atoms with Crippen molar-refractivity contribution in [2.75, 3.05) is 32.7 Å². The Labute approximate surface area is 157 Å². The molecule has 0 atom stereocenters. The van der Waals surface area contributed by atoms with E-state index in [1.54, 1.807) is 49.6 Å². The van der Waals surface area contributed by atoms with Crippen LogP contribution in [-0.2, 0) is 4.74 Å². The van der Waals surface area contributed by atoms with E-state index in [4.69, 9.17) is 21.1 Å². The number of ether oxygens (including phenoxy) is 2. The molecule has 0 bridgehead atoms. The quantitative estimate of drug-likeness (QED) is 0.692. The number of carbonyl (C=O) groups excluding carboxylic acids is 2. The number of benzene rings is 2. The number of hydrogen-bond acceptors (Lipinski definition) is 4. The molecule has 0 aliphatic carbocycles. The molecule has 0 spiro atoms. The lowest BCUT2D eigenvalue weighted by molar-refractivity contribution is 0.0947. The van der Waals surface area contributed by atoms with Crippen LogP contribution in [0.2, 0.25) is 5.02 Å². The van der Waals surface area contributed by atoms with Crippen molar-refractivity contribution in [3.8, 4) is 5.75 Å². The molecule has 0 heterocycles. The summed E-state index contributed by atoms with van der Waals surface area (Å²) in [5.74, 6) is -0.00278. The predicted octanol–water partition coefficient (Wildman–Crippen LogP) is 3.37. The van der Waals surface area contributed by atoms with Crippen molar-refractivity contribution in [2.45, 2.75) is 6.42 Å². The van der Waals surface area contributed by atoms with E-state index in [-0.39, 0.29) is 11.8 Å². The second-order valence-corrected chi connectivity index (χ2v) is 5.91. The predicted molar refractivity (Wildman–Crippen MR) is 101 cm³/mol. The fourth-order valence-electron chi connectivity index (χ4n) is 2.27. The van der Waals surface area contributed by atoms with Gasteiger partial charge in [0.15, 0.2) is 0 Å². The fraction of sp³-hybridized carbons (Fsp3) is 0.263. The Morgan fingerprint density at radius 2 is 1.65 bits per heavy atom. The van der Waals surface area contributed by atoms with Crippen LogP contribution in [0.25, 0.3) is 0 Å². The Balaban J connectivity index is 2.00. The number of methoxy groups -OCH3 is 2. The van der Waals surface area contributed by atoms with Gasteiger partial charge in [-0.3, -0.25) is 9.59 Å². The minimum Gasteiger partial charge on any atom is -0.495 e. The van der Waals surface area contributed by atoms with Gasteiger partial charge in [-0.05, 0) is 48.9 Å². The maximum atomic E-state index is 12.4. The molecule has 0 aliphatic rings. The molecular formula is C19H21ClN2O4. The van der Waals surface area contributed by atoms with Gasteiger partial charge in [0.1, 0.15) is 5.75 Å². The van der Waals surface area contributed by atoms with Gasteiger partial charge >= 0.3 is 0 Å². The molecule has 0 radical (unpaired) electrons. The van der Waals surface area contributed by atoms with Crippen LogP contribution in [0, 0.1) is 0 Å². The van der Waals surface area contributed by atoms with E-state index < -0.39 is 0 Å². The summed E-state index contributed by atoms with van der Waals surface area (Å²) in [6.07, 6.45) is 0.740. The molecule has 2 aromatic carbocycles. The molecule has 26 heavy (non-hydrogen) atoms. The van der Waals surface area contributed by atoms with Gasteiger partial charge in [-0.1, -0.05) is 11.6 Å². The van der Waals surface area contributed by atoms with Gasteiger partial charge in [-0.25, -0.2) is 0 Å². The zero-order valence-corrected chi connectivity index (χ0v) is 15.4. The van der Waals surface area contributed by atoms with Crippen LogP contribution in [0.1, 0.15) is 27.1 Å². The molecule has 0 unspecified atom stereocenters. The Morgan fingerprint density at radius 3 is 2.27 bits per heavy atom. The summed E-state index contributed by atoms with van der Waals surface area (Å²) in [6, 6.07) is 11.4. The third-order valence-electron chi connectivity index (χ3n) is 3.63. The summed E-state index contributed by atoms with van der Waals surface area (Å²) < 4.78 is 10.1. The third-order valence-corrected chi connectivity index (χ3v) is 3.86. The zero-order valence-electron chi connectivity index (χ0n) is 14.7. The van der Waals surface area contributed by atoms with Gasteiger partial charge in [0.25, 0.3) is 11.8 Å². The SMILES string of the molecule is COCCCNC(=O)c1ccc(C(=O)Nc2cc(Cl)ccc2OC)cc1. The van der Waals surface area contributed by atoms with Crippen LogP contribution in [0.5, 0.6) is 5.75 Å². The van der Waals surface area contributed by atoms with E-state index in [0.29, 0.717) is 40.7 Å². The summed E-state index contributed by atoms with van der Waals surface area (Å²) >= 11 is 5.96. The van der Waals surface area contributed by atoms with Crippen LogP contribution in [0.3, 0.4) is 0 Å². The first-order valence-electron chi connectivity index (χ1n) is 8.07. The van der Waals surface area contributed by atoms with Crippen molar-refractivity contribution in [2.24, 2.45) is 0 Å². The fourth-order valence-corrected chi connectivity index (χ4v) is 2.44. The lowest BCUT2D eigenvalue weighted by Crippen LogP contribution is -2.25. The minimum atomic E-state index is -0.322. The summed E-state index contributed by atoms with van der Waals surface area (Å²) in [5, 5.41) is 6.03. The van der Waals surface area contributed by atoms with Crippen molar-refractivity contribution in [1.29, 1.82) is 0 Å². The van der Waals surface area contributed by atoms with E-state index in [1.165, 1.54) is 7.11 Å². The summed E-state index contributed by atoms with van der Waals surface area (Å²) in [6.45, 7) is 1.12. The highest BCUT2D eigenvalue weighted by atomic mass is 35.5. The van der Waals surface area contributed by atoms with Crippen molar-refractivity contribution < 1.29 is 19.1 Å². The topological polar surface area (TPSA) is 76.7 Å². The molecule has 2 aromatic rings. The van der Waals surface area contributed by atoms with Gasteiger partial charge in [0.2, 0.25) is 0 Å². The Hall–Kier alpha value is -2.57. The average Bonchev–Trinajstić information content (AvgIpc) is 2.65. The van der Waals surface area contributed by atoms with Crippen LogP contribution < -0.4 is 15.4 Å². The lowest BCUT2D eigenvalue weighted by Gasteiger charge is -2.11. The van der Waals surface area contributed by atoms with Crippen molar-refractivity contribution >= 4 is 29.1 Å². The molecule has 2 N–H and O–H groups in total. The molecule has 2 amide bonds. The van der Waals surface area contributed by atoms with Gasteiger partial charge in [0.05, 0.1) is 12.8 Å². The number of anilines is 1. The summed E-state index contributed by atoms with van der Waals surface area (Å²) in [4.78, 5) is 24.4. The van der Waals surface area contributed by atoms with E-state index in [0.717, 1.165) is 6.42 Å². The summed E-state index contributed by atoms with van der Waals surface area (Å²) in [7, 11) is 3.13. The number of nitrogens with one attached hydrogen (secondary N) is 2.